The van der Waals surface area contributed by atoms with Gasteiger partial charge in [0.25, 0.3) is 0 Å². The number of carbonyl (C=O) groups is 2. The van der Waals surface area contributed by atoms with E-state index in [4.69, 9.17) is 4.52 Å². The molecular weight excluding hydrogens is 354 g/mol. The SMILES string of the molecule is Cc1cc(C(=O)CCC(=O)NNc2nc(-c3ccncc3)no2)c(C)s1. The summed E-state index contributed by atoms with van der Waals surface area (Å²) in [5, 5.41) is 3.81. The molecule has 3 aromatic heterocycles. The topological polar surface area (TPSA) is 110 Å². The largest absolute Gasteiger partial charge is 0.340 e. The van der Waals surface area contributed by atoms with Crippen molar-refractivity contribution in [3.8, 4) is 11.4 Å². The van der Waals surface area contributed by atoms with Crippen molar-refractivity contribution in [1.29, 1.82) is 0 Å². The van der Waals surface area contributed by atoms with Gasteiger partial charge in [0.2, 0.25) is 11.7 Å². The monoisotopic (exact) mass is 371 g/mol. The molecule has 0 unspecified atom stereocenters. The Balaban J connectivity index is 1.48. The highest BCUT2D eigenvalue weighted by Crippen LogP contribution is 2.22. The molecule has 8 nitrogen and oxygen atoms in total. The Labute approximate surface area is 153 Å². The molecular formula is C17H17N5O3S. The van der Waals surface area contributed by atoms with Gasteiger partial charge in [-0.2, -0.15) is 4.98 Å². The molecule has 9 heteroatoms. The molecule has 0 saturated carbocycles. The molecule has 0 saturated heterocycles. The van der Waals surface area contributed by atoms with Crippen molar-refractivity contribution in [2.75, 3.05) is 5.43 Å². The van der Waals surface area contributed by atoms with Gasteiger partial charge in [0, 0.05) is 46.1 Å². The number of anilines is 1. The highest BCUT2D eigenvalue weighted by atomic mass is 32.1. The van der Waals surface area contributed by atoms with Crippen LogP contribution in [0.15, 0.2) is 35.1 Å². The van der Waals surface area contributed by atoms with Gasteiger partial charge in [-0.05, 0) is 32.0 Å². The second kappa shape index (κ2) is 7.87. The van der Waals surface area contributed by atoms with Crippen LogP contribution in [0.25, 0.3) is 11.4 Å². The van der Waals surface area contributed by atoms with Crippen molar-refractivity contribution in [3.63, 3.8) is 0 Å². The number of amides is 1. The number of hydrogen-bond donors (Lipinski definition) is 2. The van der Waals surface area contributed by atoms with Crippen molar-refractivity contribution < 1.29 is 14.1 Å². The van der Waals surface area contributed by atoms with Crippen molar-refractivity contribution in [3.05, 3.63) is 45.9 Å². The number of hydrazine groups is 1. The third kappa shape index (κ3) is 4.31. The van der Waals surface area contributed by atoms with E-state index in [1.807, 2.05) is 19.9 Å². The number of rotatable bonds is 7. The summed E-state index contributed by atoms with van der Waals surface area (Å²) in [5.41, 5.74) is 6.42. The number of hydrogen-bond acceptors (Lipinski definition) is 8. The molecule has 26 heavy (non-hydrogen) atoms. The third-order valence-electron chi connectivity index (χ3n) is 3.59. The summed E-state index contributed by atoms with van der Waals surface area (Å²) >= 11 is 1.57. The van der Waals surface area contributed by atoms with Crippen LogP contribution in [-0.2, 0) is 4.79 Å². The summed E-state index contributed by atoms with van der Waals surface area (Å²) in [4.78, 5) is 34.2. The minimum atomic E-state index is -0.341. The van der Waals surface area contributed by atoms with Gasteiger partial charge >= 0.3 is 6.01 Å². The molecule has 0 fully saturated rings. The Bertz CT molecular complexity index is 920. The molecule has 0 atom stereocenters. The number of thiophene rings is 1. The number of Topliss-reactive ketones (excluding diaryl/α,β-unsaturated/α-hetero) is 1. The Kier molecular flexibility index (Phi) is 5.37. The number of ketones is 1. The Hall–Kier alpha value is -3.07. The number of pyridine rings is 1. The highest BCUT2D eigenvalue weighted by Gasteiger charge is 2.14. The first-order valence-corrected chi connectivity index (χ1v) is 8.74. The van der Waals surface area contributed by atoms with E-state index in [1.54, 1.807) is 35.9 Å². The predicted octanol–water partition coefficient (Wildman–Crippen LogP) is 2.92. The van der Waals surface area contributed by atoms with E-state index in [1.165, 1.54) is 0 Å². The van der Waals surface area contributed by atoms with E-state index < -0.39 is 0 Å². The maximum Gasteiger partial charge on any atom is 0.340 e. The molecule has 3 aromatic rings. The minimum absolute atomic E-state index is 0.0419. The van der Waals surface area contributed by atoms with Crippen molar-refractivity contribution in [1.82, 2.24) is 20.6 Å². The van der Waals surface area contributed by atoms with Crippen LogP contribution in [-0.4, -0.2) is 26.8 Å². The van der Waals surface area contributed by atoms with Crippen molar-refractivity contribution >= 4 is 29.0 Å². The molecule has 1 amide bonds. The highest BCUT2D eigenvalue weighted by molar-refractivity contribution is 7.12. The Morgan fingerprint density at radius 1 is 1.19 bits per heavy atom. The summed E-state index contributed by atoms with van der Waals surface area (Å²) in [6, 6.07) is 5.40. The van der Waals surface area contributed by atoms with Crippen LogP contribution in [0.4, 0.5) is 6.01 Å². The van der Waals surface area contributed by atoms with Crippen LogP contribution >= 0.6 is 11.3 Å². The maximum absolute atomic E-state index is 12.2. The van der Waals surface area contributed by atoms with Crippen molar-refractivity contribution in [2.45, 2.75) is 26.7 Å². The number of nitrogens with zero attached hydrogens (tertiary/aromatic N) is 3. The molecule has 0 aromatic carbocycles. The van der Waals surface area contributed by atoms with Crippen LogP contribution in [0, 0.1) is 13.8 Å². The van der Waals surface area contributed by atoms with Crippen LogP contribution in [0.3, 0.4) is 0 Å². The summed E-state index contributed by atoms with van der Waals surface area (Å²) < 4.78 is 5.01. The average Bonchev–Trinajstić information content (AvgIpc) is 3.25. The summed E-state index contributed by atoms with van der Waals surface area (Å²) in [6.07, 6.45) is 3.44. The van der Waals surface area contributed by atoms with Crippen LogP contribution < -0.4 is 10.9 Å². The third-order valence-corrected chi connectivity index (χ3v) is 4.56. The minimum Gasteiger partial charge on any atom is -0.313 e. The zero-order valence-electron chi connectivity index (χ0n) is 14.3. The van der Waals surface area contributed by atoms with Crippen molar-refractivity contribution in [2.24, 2.45) is 0 Å². The van der Waals surface area contributed by atoms with E-state index in [-0.39, 0.29) is 30.5 Å². The zero-order valence-corrected chi connectivity index (χ0v) is 15.1. The summed E-state index contributed by atoms with van der Waals surface area (Å²) in [6.45, 7) is 3.86. The molecule has 3 rings (SSSR count). The molecule has 0 aliphatic carbocycles. The van der Waals surface area contributed by atoms with Gasteiger partial charge in [-0.1, -0.05) is 5.16 Å². The first-order chi connectivity index (χ1) is 12.5. The zero-order chi connectivity index (χ0) is 18.5. The lowest BCUT2D eigenvalue weighted by Gasteiger charge is -2.04. The lowest BCUT2D eigenvalue weighted by molar-refractivity contribution is -0.120. The lowest BCUT2D eigenvalue weighted by Crippen LogP contribution is -2.29. The summed E-state index contributed by atoms with van der Waals surface area (Å²) in [7, 11) is 0. The van der Waals surface area contributed by atoms with Gasteiger partial charge in [0.1, 0.15) is 0 Å². The number of carbonyl (C=O) groups excluding carboxylic acids is 2. The van der Waals surface area contributed by atoms with Crippen LogP contribution in [0.2, 0.25) is 0 Å². The van der Waals surface area contributed by atoms with E-state index in [0.717, 1.165) is 15.3 Å². The molecule has 0 radical (unpaired) electrons. The van der Waals surface area contributed by atoms with E-state index in [0.29, 0.717) is 11.4 Å². The maximum atomic E-state index is 12.2. The fourth-order valence-electron chi connectivity index (χ4n) is 2.35. The fraction of sp³-hybridized carbons (Fsp3) is 0.235. The standard InChI is InChI=1S/C17H17N5O3S/c1-10-9-13(11(2)26-10)14(23)3-4-15(24)20-21-17-19-16(22-25-17)12-5-7-18-8-6-12/h5-9H,3-4H2,1-2H3,(H,20,24)(H,19,21,22). The summed E-state index contributed by atoms with van der Waals surface area (Å²) in [5.74, 6) is -0.00555. The smallest absolute Gasteiger partial charge is 0.313 e. The molecule has 0 bridgehead atoms. The van der Waals surface area contributed by atoms with Crippen LogP contribution in [0.1, 0.15) is 33.0 Å². The number of aromatic nitrogens is 3. The first-order valence-electron chi connectivity index (χ1n) is 7.92. The quantitative estimate of drug-likeness (QED) is 0.485. The normalized spacial score (nSPS) is 10.5. The second-order valence-electron chi connectivity index (χ2n) is 5.58. The van der Waals surface area contributed by atoms with E-state index >= 15 is 0 Å². The lowest BCUT2D eigenvalue weighted by atomic mass is 10.1. The van der Waals surface area contributed by atoms with Gasteiger partial charge in [-0.15, -0.1) is 11.3 Å². The molecule has 2 N–H and O–H groups in total. The molecule has 134 valence electrons. The van der Waals surface area contributed by atoms with E-state index in [9.17, 15) is 9.59 Å². The van der Waals surface area contributed by atoms with E-state index in [2.05, 4.69) is 26.0 Å². The fourth-order valence-corrected chi connectivity index (χ4v) is 3.29. The average molecular weight is 371 g/mol. The van der Waals surface area contributed by atoms with Gasteiger partial charge < -0.3 is 4.52 Å². The molecule has 0 aliphatic rings. The van der Waals surface area contributed by atoms with Gasteiger partial charge in [-0.3, -0.25) is 20.0 Å². The Morgan fingerprint density at radius 2 is 1.96 bits per heavy atom. The first kappa shape index (κ1) is 17.7. The van der Waals surface area contributed by atoms with Gasteiger partial charge in [0.05, 0.1) is 0 Å². The van der Waals surface area contributed by atoms with Crippen LogP contribution in [0.5, 0.6) is 0 Å². The second-order valence-corrected chi connectivity index (χ2v) is 7.04. The number of aryl methyl sites for hydroxylation is 2. The van der Waals surface area contributed by atoms with Gasteiger partial charge in [-0.25, -0.2) is 5.43 Å². The Morgan fingerprint density at radius 3 is 2.65 bits per heavy atom. The molecule has 0 spiro atoms. The molecule has 0 aliphatic heterocycles. The predicted molar refractivity (Wildman–Crippen MR) is 96.7 cm³/mol. The number of nitrogens with one attached hydrogen (secondary N) is 2. The molecule has 3 heterocycles. The van der Waals surface area contributed by atoms with Gasteiger partial charge in [0.15, 0.2) is 5.78 Å².